The van der Waals surface area contributed by atoms with Crippen LogP contribution < -0.4 is 5.73 Å². The van der Waals surface area contributed by atoms with Crippen LogP contribution in [0.4, 0.5) is 4.39 Å². The molecule has 0 aromatic carbocycles. The normalized spacial score (nSPS) is 12.4. The molecule has 0 radical (unpaired) electrons. The topological polar surface area (TPSA) is 38.9 Å². The van der Waals surface area contributed by atoms with E-state index in [1.165, 1.54) is 6.07 Å². The van der Waals surface area contributed by atoms with Crippen molar-refractivity contribution in [1.29, 1.82) is 0 Å². The number of aromatic nitrogens is 1. The fourth-order valence-corrected chi connectivity index (χ4v) is 0.959. The van der Waals surface area contributed by atoms with Gasteiger partial charge in [0, 0.05) is 6.20 Å². The maximum atomic E-state index is 13.1. The van der Waals surface area contributed by atoms with Gasteiger partial charge in [0.25, 0.3) is 0 Å². The molecular weight excluding hydrogens is 191 g/mol. The Morgan fingerprint density at radius 3 is 2.54 bits per heavy atom. The number of rotatable bonds is 2. The van der Waals surface area contributed by atoms with Gasteiger partial charge in [0.2, 0.25) is 0 Å². The lowest BCUT2D eigenvalue weighted by Gasteiger charge is -2.14. The minimum absolute atomic E-state index is 0. The third-order valence-electron chi connectivity index (χ3n) is 1.82. The van der Waals surface area contributed by atoms with Crippen molar-refractivity contribution in [2.24, 2.45) is 11.7 Å². The van der Waals surface area contributed by atoms with E-state index in [0.29, 0.717) is 5.69 Å². The van der Waals surface area contributed by atoms with Crippen LogP contribution in [0.1, 0.15) is 25.6 Å². The Morgan fingerprint density at radius 2 is 2.08 bits per heavy atom. The fraction of sp³-hybridized carbons (Fsp3) is 0.444. The van der Waals surface area contributed by atoms with Crippen LogP contribution in [0.2, 0.25) is 0 Å². The molecule has 0 saturated carbocycles. The van der Waals surface area contributed by atoms with Crippen LogP contribution in [0.25, 0.3) is 0 Å². The molecular formula is C9H14ClFN2. The Morgan fingerprint density at radius 1 is 1.46 bits per heavy atom. The highest BCUT2D eigenvalue weighted by Gasteiger charge is 2.15. The summed E-state index contributed by atoms with van der Waals surface area (Å²) >= 11 is 0. The van der Waals surface area contributed by atoms with Gasteiger partial charge >= 0.3 is 0 Å². The van der Waals surface area contributed by atoms with Gasteiger partial charge in [-0.1, -0.05) is 13.8 Å². The van der Waals surface area contributed by atoms with Crippen molar-refractivity contribution in [1.82, 2.24) is 4.98 Å². The largest absolute Gasteiger partial charge is 0.322 e. The van der Waals surface area contributed by atoms with Crippen LogP contribution in [0.5, 0.6) is 0 Å². The summed E-state index contributed by atoms with van der Waals surface area (Å²) in [4.78, 5) is 3.90. The first-order valence-electron chi connectivity index (χ1n) is 3.99. The third kappa shape index (κ3) is 2.94. The fourth-order valence-electron chi connectivity index (χ4n) is 0.959. The summed E-state index contributed by atoms with van der Waals surface area (Å²) in [5.74, 6) is -0.117. The van der Waals surface area contributed by atoms with E-state index in [2.05, 4.69) is 4.98 Å². The first kappa shape index (κ1) is 12.3. The van der Waals surface area contributed by atoms with Crippen LogP contribution >= 0.6 is 12.4 Å². The maximum absolute atomic E-state index is 13.1. The predicted octanol–water partition coefficient (Wildman–Crippen LogP) is 2.30. The molecule has 2 N–H and O–H groups in total. The van der Waals surface area contributed by atoms with Crippen LogP contribution in [0.3, 0.4) is 0 Å². The maximum Gasteiger partial charge on any atom is 0.146 e. The SMILES string of the molecule is CC(C)[C@H](N)c1ncccc1F.Cl. The zero-order valence-electron chi connectivity index (χ0n) is 7.70. The number of nitrogens with zero attached hydrogens (tertiary/aromatic N) is 1. The summed E-state index contributed by atoms with van der Waals surface area (Å²) in [5.41, 5.74) is 6.09. The molecule has 0 aliphatic heterocycles. The van der Waals surface area contributed by atoms with E-state index in [4.69, 9.17) is 5.73 Å². The molecule has 13 heavy (non-hydrogen) atoms. The van der Waals surface area contributed by atoms with Crippen molar-refractivity contribution in [3.8, 4) is 0 Å². The van der Waals surface area contributed by atoms with Crippen molar-refractivity contribution >= 4 is 12.4 Å². The zero-order valence-corrected chi connectivity index (χ0v) is 8.51. The molecule has 1 atom stereocenters. The van der Waals surface area contributed by atoms with Gasteiger partial charge in [-0.3, -0.25) is 4.98 Å². The van der Waals surface area contributed by atoms with E-state index in [0.717, 1.165) is 0 Å². The van der Waals surface area contributed by atoms with Crippen molar-refractivity contribution in [3.05, 3.63) is 29.8 Å². The molecule has 0 saturated heterocycles. The highest BCUT2D eigenvalue weighted by Crippen LogP contribution is 2.18. The minimum Gasteiger partial charge on any atom is -0.322 e. The lowest BCUT2D eigenvalue weighted by atomic mass is 10.0. The Balaban J connectivity index is 0.00000144. The highest BCUT2D eigenvalue weighted by atomic mass is 35.5. The van der Waals surface area contributed by atoms with Gasteiger partial charge in [-0.05, 0) is 18.1 Å². The number of hydrogen-bond acceptors (Lipinski definition) is 2. The Kier molecular flexibility index (Phi) is 4.88. The van der Waals surface area contributed by atoms with Gasteiger partial charge in [0.15, 0.2) is 0 Å². The lowest BCUT2D eigenvalue weighted by molar-refractivity contribution is 0.471. The number of halogens is 2. The van der Waals surface area contributed by atoms with Gasteiger partial charge in [0.1, 0.15) is 5.82 Å². The molecule has 0 aliphatic carbocycles. The average molecular weight is 205 g/mol. The van der Waals surface area contributed by atoms with Gasteiger partial charge in [-0.15, -0.1) is 12.4 Å². The molecule has 1 rings (SSSR count). The second-order valence-corrected chi connectivity index (χ2v) is 3.14. The second kappa shape index (κ2) is 5.14. The highest BCUT2D eigenvalue weighted by molar-refractivity contribution is 5.85. The van der Waals surface area contributed by atoms with Crippen LogP contribution in [-0.2, 0) is 0 Å². The quantitative estimate of drug-likeness (QED) is 0.803. The molecule has 1 aromatic rings. The monoisotopic (exact) mass is 204 g/mol. The van der Waals surface area contributed by atoms with E-state index in [1.54, 1.807) is 12.3 Å². The molecule has 1 heterocycles. The second-order valence-electron chi connectivity index (χ2n) is 3.14. The molecule has 1 aromatic heterocycles. The molecule has 0 spiro atoms. The smallest absolute Gasteiger partial charge is 0.146 e. The lowest BCUT2D eigenvalue weighted by Crippen LogP contribution is -2.19. The predicted molar refractivity (Wildman–Crippen MR) is 53.2 cm³/mol. The molecule has 4 heteroatoms. The Labute approximate surface area is 83.8 Å². The first-order valence-corrected chi connectivity index (χ1v) is 3.99. The molecule has 0 amide bonds. The van der Waals surface area contributed by atoms with Crippen molar-refractivity contribution < 1.29 is 4.39 Å². The minimum atomic E-state index is -0.321. The number of hydrogen-bond donors (Lipinski definition) is 1. The van der Waals surface area contributed by atoms with E-state index in [9.17, 15) is 4.39 Å². The van der Waals surface area contributed by atoms with E-state index in [1.807, 2.05) is 13.8 Å². The Bertz CT molecular complexity index is 266. The summed E-state index contributed by atoms with van der Waals surface area (Å²) in [6.07, 6.45) is 1.56. The van der Waals surface area contributed by atoms with Crippen LogP contribution in [0.15, 0.2) is 18.3 Å². The van der Waals surface area contributed by atoms with E-state index < -0.39 is 0 Å². The van der Waals surface area contributed by atoms with Gasteiger partial charge < -0.3 is 5.73 Å². The van der Waals surface area contributed by atoms with Crippen molar-refractivity contribution in [3.63, 3.8) is 0 Å². The summed E-state index contributed by atoms with van der Waals surface area (Å²) < 4.78 is 13.1. The van der Waals surface area contributed by atoms with Crippen molar-refractivity contribution in [2.45, 2.75) is 19.9 Å². The Hall–Kier alpha value is -0.670. The first-order chi connectivity index (χ1) is 5.63. The number of nitrogens with two attached hydrogens (primary N) is 1. The molecule has 0 bridgehead atoms. The van der Waals surface area contributed by atoms with E-state index >= 15 is 0 Å². The molecule has 0 unspecified atom stereocenters. The standard InChI is InChI=1S/C9H13FN2.ClH/c1-6(2)8(11)9-7(10)4-3-5-12-9;/h3-6,8H,11H2,1-2H3;1H/t8-;/m0./s1. The number of pyridine rings is 1. The van der Waals surface area contributed by atoms with Crippen molar-refractivity contribution in [2.75, 3.05) is 0 Å². The summed E-state index contributed by atoms with van der Waals surface area (Å²) in [7, 11) is 0. The summed E-state index contributed by atoms with van der Waals surface area (Å²) in [6.45, 7) is 3.89. The summed E-state index contributed by atoms with van der Waals surface area (Å²) in [5, 5.41) is 0. The molecule has 2 nitrogen and oxygen atoms in total. The van der Waals surface area contributed by atoms with Gasteiger partial charge in [-0.2, -0.15) is 0 Å². The molecule has 74 valence electrons. The molecule has 0 fully saturated rings. The van der Waals surface area contributed by atoms with Gasteiger partial charge in [-0.25, -0.2) is 4.39 Å². The van der Waals surface area contributed by atoms with Gasteiger partial charge in [0.05, 0.1) is 11.7 Å². The van der Waals surface area contributed by atoms with Crippen LogP contribution in [-0.4, -0.2) is 4.98 Å². The average Bonchev–Trinajstić information content (AvgIpc) is 2.04. The molecule has 0 aliphatic rings. The zero-order chi connectivity index (χ0) is 9.14. The van der Waals surface area contributed by atoms with Crippen LogP contribution in [0, 0.1) is 11.7 Å². The summed E-state index contributed by atoms with van der Waals surface area (Å²) in [6, 6.07) is 2.63. The van der Waals surface area contributed by atoms with E-state index in [-0.39, 0.29) is 30.2 Å². The third-order valence-corrected chi connectivity index (χ3v) is 1.82.